The molecule has 0 bridgehead atoms. The van der Waals surface area contributed by atoms with E-state index in [4.69, 9.17) is 5.11 Å². The number of carbonyl (C=O) groups is 1. The van der Waals surface area contributed by atoms with Crippen LogP contribution in [0.25, 0.3) is 0 Å². The van der Waals surface area contributed by atoms with Crippen LogP contribution in [0.3, 0.4) is 0 Å². The van der Waals surface area contributed by atoms with E-state index < -0.39 is 5.97 Å². The molecule has 0 spiro atoms. The van der Waals surface area contributed by atoms with Crippen molar-refractivity contribution >= 4 is 18.4 Å². The third-order valence-electron chi connectivity index (χ3n) is 1.63. The predicted molar refractivity (Wildman–Crippen MR) is 40.5 cm³/mol. The SMILES string of the molecule is Cl.O=C(O)CC[C@H]1CCN1. The van der Waals surface area contributed by atoms with E-state index in [9.17, 15) is 4.79 Å². The van der Waals surface area contributed by atoms with Crippen LogP contribution >= 0.6 is 12.4 Å². The van der Waals surface area contributed by atoms with Gasteiger partial charge in [0.25, 0.3) is 0 Å². The van der Waals surface area contributed by atoms with Crippen molar-refractivity contribution in [3.63, 3.8) is 0 Å². The molecule has 1 fully saturated rings. The van der Waals surface area contributed by atoms with Crippen LogP contribution in [0.5, 0.6) is 0 Å². The third-order valence-corrected chi connectivity index (χ3v) is 1.63. The highest BCUT2D eigenvalue weighted by molar-refractivity contribution is 5.85. The minimum Gasteiger partial charge on any atom is -0.481 e. The summed E-state index contributed by atoms with van der Waals surface area (Å²) >= 11 is 0. The van der Waals surface area contributed by atoms with Crippen LogP contribution in [-0.2, 0) is 4.79 Å². The number of aliphatic carboxylic acids is 1. The molecule has 1 heterocycles. The number of hydrogen-bond acceptors (Lipinski definition) is 2. The van der Waals surface area contributed by atoms with Crippen molar-refractivity contribution in [1.82, 2.24) is 5.32 Å². The molecule has 0 saturated carbocycles. The molecule has 0 aromatic rings. The summed E-state index contributed by atoms with van der Waals surface area (Å²) in [5.74, 6) is -0.691. The molecule has 60 valence electrons. The maximum Gasteiger partial charge on any atom is 0.303 e. The van der Waals surface area contributed by atoms with Gasteiger partial charge in [0.15, 0.2) is 0 Å². The van der Waals surface area contributed by atoms with Gasteiger partial charge in [0.2, 0.25) is 0 Å². The molecule has 0 aromatic carbocycles. The number of carboxylic acid groups (broad SMARTS) is 1. The number of rotatable bonds is 3. The minimum absolute atomic E-state index is 0. The van der Waals surface area contributed by atoms with Gasteiger partial charge in [0.05, 0.1) is 0 Å². The Labute approximate surface area is 66.2 Å². The number of carboxylic acids is 1. The summed E-state index contributed by atoms with van der Waals surface area (Å²) in [5.41, 5.74) is 0. The average molecular weight is 166 g/mol. The second-order valence-corrected chi connectivity index (χ2v) is 2.37. The first kappa shape index (κ1) is 9.72. The molecule has 4 heteroatoms. The Kier molecular flexibility index (Phi) is 4.40. The van der Waals surface area contributed by atoms with Gasteiger partial charge in [-0.05, 0) is 19.4 Å². The molecule has 0 radical (unpaired) electrons. The highest BCUT2D eigenvalue weighted by Crippen LogP contribution is 2.08. The molecule has 10 heavy (non-hydrogen) atoms. The Balaban J connectivity index is 0.000000810. The van der Waals surface area contributed by atoms with E-state index >= 15 is 0 Å². The quantitative estimate of drug-likeness (QED) is 0.645. The second-order valence-electron chi connectivity index (χ2n) is 2.37. The fourth-order valence-electron chi connectivity index (χ4n) is 0.893. The molecule has 1 rings (SSSR count). The molecule has 0 unspecified atom stereocenters. The zero-order valence-electron chi connectivity index (χ0n) is 5.67. The highest BCUT2D eigenvalue weighted by Gasteiger charge is 2.16. The van der Waals surface area contributed by atoms with Crippen LogP contribution in [0.15, 0.2) is 0 Å². The monoisotopic (exact) mass is 165 g/mol. The summed E-state index contributed by atoms with van der Waals surface area (Å²) in [6.07, 6.45) is 2.24. The van der Waals surface area contributed by atoms with E-state index in [0.717, 1.165) is 19.4 Å². The summed E-state index contributed by atoms with van der Waals surface area (Å²) in [6, 6.07) is 0.487. The lowest BCUT2D eigenvalue weighted by Gasteiger charge is -2.26. The molecule has 1 aliphatic heterocycles. The average Bonchev–Trinajstić information content (AvgIpc) is 1.60. The van der Waals surface area contributed by atoms with Gasteiger partial charge in [0, 0.05) is 12.5 Å². The Morgan fingerprint density at radius 3 is 2.60 bits per heavy atom. The zero-order chi connectivity index (χ0) is 6.69. The van der Waals surface area contributed by atoms with Crippen LogP contribution in [0.1, 0.15) is 19.3 Å². The molecule has 2 N–H and O–H groups in total. The number of halogens is 1. The number of hydrogen-bond donors (Lipinski definition) is 2. The fraction of sp³-hybridized carbons (Fsp3) is 0.833. The van der Waals surface area contributed by atoms with Crippen molar-refractivity contribution < 1.29 is 9.90 Å². The second kappa shape index (κ2) is 4.52. The summed E-state index contributed by atoms with van der Waals surface area (Å²) in [7, 11) is 0. The normalized spacial score (nSPS) is 22.6. The van der Waals surface area contributed by atoms with Crippen LogP contribution < -0.4 is 5.32 Å². The van der Waals surface area contributed by atoms with E-state index in [-0.39, 0.29) is 12.4 Å². The highest BCUT2D eigenvalue weighted by atomic mass is 35.5. The van der Waals surface area contributed by atoms with E-state index in [2.05, 4.69) is 5.32 Å². The molecule has 0 aromatic heterocycles. The van der Waals surface area contributed by atoms with Gasteiger partial charge in [-0.1, -0.05) is 0 Å². The van der Waals surface area contributed by atoms with Crippen molar-refractivity contribution in [2.24, 2.45) is 0 Å². The van der Waals surface area contributed by atoms with Crippen molar-refractivity contribution in [2.45, 2.75) is 25.3 Å². The lowest BCUT2D eigenvalue weighted by Crippen LogP contribution is -2.42. The number of nitrogens with one attached hydrogen (secondary N) is 1. The lowest BCUT2D eigenvalue weighted by molar-refractivity contribution is -0.137. The van der Waals surface area contributed by atoms with Gasteiger partial charge >= 0.3 is 5.97 Å². The van der Waals surface area contributed by atoms with Crippen LogP contribution in [0, 0.1) is 0 Å². The first-order valence-corrected chi connectivity index (χ1v) is 3.24. The van der Waals surface area contributed by atoms with E-state index in [0.29, 0.717) is 12.5 Å². The van der Waals surface area contributed by atoms with Crippen LogP contribution in [-0.4, -0.2) is 23.7 Å². The Bertz CT molecular complexity index is 114. The Hall–Kier alpha value is -0.280. The molecule has 0 aliphatic carbocycles. The maximum atomic E-state index is 10.0. The van der Waals surface area contributed by atoms with Crippen molar-refractivity contribution in [3.8, 4) is 0 Å². The first-order valence-electron chi connectivity index (χ1n) is 3.24. The minimum atomic E-state index is -0.691. The van der Waals surface area contributed by atoms with Gasteiger partial charge in [-0.15, -0.1) is 12.4 Å². The fourth-order valence-corrected chi connectivity index (χ4v) is 0.893. The largest absolute Gasteiger partial charge is 0.481 e. The van der Waals surface area contributed by atoms with Gasteiger partial charge in [-0.3, -0.25) is 4.79 Å². The standard InChI is InChI=1S/C6H11NO2.ClH/c8-6(9)2-1-5-3-4-7-5;/h5,7H,1-4H2,(H,8,9);1H/t5-;/m0./s1. The Morgan fingerprint density at radius 1 is 1.70 bits per heavy atom. The molecular weight excluding hydrogens is 154 g/mol. The smallest absolute Gasteiger partial charge is 0.303 e. The van der Waals surface area contributed by atoms with Crippen molar-refractivity contribution in [3.05, 3.63) is 0 Å². The predicted octanol–water partition coefficient (Wildman–Crippen LogP) is 0.635. The zero-order valence-corrected chi connectivity index (χ0v) is 6.49. The summed E-state index contributed by atoms with van der Waals surface area (Å²) in [6.45, 7) is 1.06. The summed E-state index contributed by atoms with van der Waals surface area (Å²) < 4.78 is 0. The van der Waals surface area contributed by atoms with Crippen LogP contribution in [0.4, 0.5) is 0 Å². The molecular formula is C6H12ClNO2. The van der Waals surface area contributed by atoms with Gasteiger partial charge < -0.3 is 10.4 Å². The van der Waals surface area contributed by atoms with E-state index in [1.165, 1.54) is 0 Å². The summed E-state index contributed by atoms with van der Waals surface area (Å²) in [5, 5.41) is 11.4. The van der Waals surface area contributed by atoms with E-state index in [1.54, 1.807) is 0 Å². The van der Waals surface area contributed by atoms with Crippen molar-refractivity contribution in [1.29, 1.82) is 0 Å². The van der Waals surface area contributed by atoms with Gasteiger partial charge in [0.1, 0.15) is 0 Å². The summed E-state index contributed by atoms with van der Waals surface area (Å²) in [4.78, 5) is 10.0. The molecule has 0 amide bonds. The molecule has 3 nitrogen and oxygen atoms in total. The van der Waals surface area contributed by atoms with Gasteiger partial charge in [-0.25, -0.2) is 0 Å². The lowest BCUT2D eigenvalue weighted by atomic mass is 10.0. The van der Waals surface area contributed by atoms with Crippen LogP contribution in [0.2, 0.25) is 0 Å². The third kappa shape index (κ3) is 3.03. The molecule has 1 saturated heterocycles. The van der Waals surface area contributed by atoms with Crippen molar-refractivity contribution in [2.75, 3.05) is 6.54 Å². The molecule has 1 aliphatic rings. The van der Waals surface area contributed by atoms with E-state index in [1.807, 2.05) is 0 Å². The Morgan fingerprint density at radius 2 is 2.30 bits per heavy atom. The molecule has 1 atom stereocenters. The first-order chi connectivity index (χ1) is 4.29. The van der Waals surface area contributed by atoms with Gasteiger partial charge in [-0.2, -0.15) is 0 Å². The topological polar surface area (TPSA) is 49.3 Å². The maximum absolute atomic E-state index is 10.0.